The summed E-state index contributed by atoms with van der Waals surface area (Å²) in [6, 6.07) is 0. The predicted octanol–water partition coefficient (Wildman–Crippen LogP) is -7.29. The lowest BCUT2D eigenvalue weighted by atomic mass is 9.33. The fourth-order valence-corrected chi connectivity index (χ4v) is 20.5. The van der Waals surface area contributed by atoms with Gasteiger partial charge in [0, 0.05) is 5.41 Å². The molecule has 36 nitrogen and oxygen atoms in total. The molecule has 0 bridgehead atoms. The normalized spacial score (nSPS) is 56.2. The standard InChI is InChI=1S/C70H114O36/c1-24-37(78)42(83)46(87)58(95-24)104-55-44(85)38(79)25(2)96-63(55)101-52-31(76)22-93-57(49(52)90)100-51-26(3)97-59(48(89)45(51)86)103-54-39(80)30(75)21-94-62(54)106-64(92)70-15-14-65(4,5)16-28(70)27-10-11-35-66(6)17-29(74)56(67(7,23-73)34(66)12-13-68(35,8)69(27,9)18-36(70)77)105-61-50(91)53(41(82)33(20-72)99-61)102-60-47(88)43(84)40(81)32(19-71)98-60/h10,24-26,28-63,71-91H,11-23H2,1-9H3/t24-,25+,26+,28+,29+,30-,31-,32-,33-,34-,35-,36-,37+,38+,39+,40-,41-,42+,43+,44-,45+,46-,47-,48-,49-,50-,51+,52+,53+,54-,55-,56+,57+,58+,59+,60+,61+,62+,63+,66+,67+,68-,69-,70-/m1/s1. The number of aliphatic hydroxyl groups is 21. The van der Waals surface area contributed by atoms with Gasteiger partial charge in [0.15, 0.2) is 43.8 Å². The fraction of sp³-hybridized carbons (Fsp3) is 0.957. The van der Waals surface area contributed by atoms with Gasteiger partial charge in [-0.3, -0.25) is 4.79 Å². The van der Waals surface area contributed by atoms with Crippen molar-refractivity contribution in [3.05, 3.63) is 11.6 Å². The summed E-state index contributed by atoms with van der Waals surface area (Å²) < 4.78 is 83.2. The van der Waals surface area contributed by atoms with Crippen LogP contribution in [-0.2, 0) is 71.1 Å². The quantitative estimate of drug-likeness (QED) is 0.0365. The van der Waals surface area contributed by atoms with Gasteiger partial charge in [0.05, 0.1) is 69.7 Å². The summed E-state index contributed by atoms with van der Waals surface area (Å²) in [7, 11) is 0. The minimum Gasteiger partial charge on any atom is -0.432 e. The zero-order valence-corrected chi connectivity index (χ0v) is 60.8. The second-order valence-corrected chi connectivity index (χ2v) is 33.9. The molecule has 0 amide bonds. The van der Waals surface area contributed by atoms with E-state index in [0.717, 1.165) is 5.57 Å². The van der Waals surface area contributed by atoms with Crippen LogP contribution in [0.5, 0.6) is 0 Å². The van der Waals surface area contributed by atoms with Crippen LogP contribution >= 0.6 is 0 Å². The molecule has 12 rings (SSSR count). The first-order chi connectivity index (χ1) is 49.7. The van der Waals surface area contributed by atoms with Crippen molar-refractivity contribution < 1.29 is 178 Å². The SMILES string of the molecule is C[C@@H]1O[C@@H](O[C@@H]2[C@@H](O)[C@H](O[C@@H]3[C@@H](O)[C@@H](O)[C@H](O[C@H]4[C@H](OC(=O)[C@]56CCC(C)(C)C[C@H]5C5=CC[C@@H]7[C@@]8(C)C[C@H](O)[C@H](O[C@@H]9O[C@H](CO)[C@@H](O)[C@H](O[C@@H]%10O[C@H](CO)[C@@H](O)[C@H](O)[C@H]%10O)[C@H]9O)[C@@](C)(CO)[C@@H]8CC[C@@]7(C)[C@]5(C)C[C@H]6O)OC[C@@H](O)[C@@H]4O)O[C@H]3C)OC[C@H]2O)[C@H](O[C@@H]2O[C@H](C)[C@H](O)[C@H](O)[C@H]2O)[C@H](O)[C@H]1O. The molecule has 7 aliphatic heterocycles. The van der Waals surface area contributed by atoms with Gasteiger partial charge in [0.1, 0.15) is 140 Å². The van der Waals surface area contributed by atoms with Gasteiger partial charge in [-0.15, -0.1) is 0 Å². The Bertz CT molecular complexity index is 3030. The lowest BCUT2D eigenvalue weighted by Crippen LogP contribution is -2.71. The Morgan fingerprint density at radius 3 is 1.58 bits per heavy atom. The van der Waals surface area contributed by atoms with Gasteiger partial charge in [-0.25, -0.2) is 0 Å². The minimum atomic E-state index is -2.07. The van der Waals surface area contributed by atoms with Gasteiger partial charge in [-0.2, -0.15) is 0 Å². The van der Waals surface area contributed by atoms with Crippen molar-refractivity contribution in [2.45, 2.75) is 335 Å². The number of hydrogen-bond donors (Lipinski definition) is 21. The smallest absolute Gasteiger partial charge is 0.317 e. The lowest BCUT2D eigenvalue weighted by molar-refractivity contribution is -0.389. The molecule has 0 aromatic carbocycles. The van der Waals surface area contributed by atoms with E-state index in [1.54, 1.807) is 6.92 Å². The van der Waals surface area contributed by atoms with Gasteiger partial charge >= 0.3 is 5.97 Å². The van der Waals surface area contributed by atoms with Crippen molar-refractivity contribution in [3.63, 3.8) is 0 Å². The molecule has 106 heavy (non-hydrogen) atoms. The second-order valence-electron chi connectivity index (χ2n) is 33.9. The summed E-state index contributed by atoms with van der Waals surface area (Å²) in [6.45, 7) is 13.1. The van der Waals surface area contributed by atoms with Crippen LogP contribution in [0.1, 0.15) is 114 Å². The van der Waals surface area contributed by atoms with E-state index in [4.69, 9.17) is 66.3 Å². The summed E-state index contributed by atoms with van der Waals surface area (Å²) in [5.41, 5.74) is -4.65. The van der Waals surface area contributed by atoms with Crippen LogP contribution in [0, 0.1) is 50.2 Å². The first-order valence-electron chi connectivity index (χ1n) is 37.1. The first-order valence-corrected chi connectivity index (χ1v) is 37.1. The molecule has 21 N–H and O–H groups in total. The Labute approximate surface area is 612 Å². The monoisotopic (exact) mass is 1530 g/mol. The molecule has 5 aliphatic carbocycles. The summed E-state index contributed by atoms with van der Waals surface area (Å²) in [5.74, 6) is -2.20. The third kappa shape index (κ3) is 14.1. The van der Waals surface area contributed by atoms with Gasteiger partial charge in [-0.1, -0.05) is 53.2 Å². The van der Waals surface area contributed by atoms with Crippen LogP contribution in [0.4, 0.5) is 0 Å². The van der Waals surface area contributed by atoms with Crippen molar-refractivity contribution in [2.75, 3.05) is 33.0 Å². The van der Waals surface area contributed by atoms with Crippen molar-refractivity contribution in [3.8, 4) is 0 Å². The number of esters is 1. The topological polar surface area (TPSA) is 571 Å². The van der Waals surface area contributed by atoms with E-state index in [2.05, 4.69) is 40.7 Å². The molecule has 610 valence electrons. The summed E-state index contributed by atoms with van der Waals surface area (Å²) >= 11 is 0. The molecule has 4 saturated carbocycles. The molecule has 12 aliphatic rings. The average Bonchev–Trinajstić information content (AvgIpc) is 0.668. The molecule has 0 spiro atoms. The Morgan fingerprint density at radius 2 is 0.943 bits per heavy atom. The number of carbonyl (C=O) groups is 1. The lowest BCUT2D eigenvalue weighted by Gasteiger charge is -2.72. The van der Waals surface area contributed by atoms with Gasteiger partial charge in [-0.05, 0) is 112 Å². The van der Waals surface area contributed by atoms with Crippen LogP contribution in [0.2, 0.25) is 0 Å². The van der Waals surface area contributed by atoms with Crippen molar-refractivity contribution >= 4 is 5.97 Å². The summed E-state index contributed by atoms with van der Waals surface area (Å²) in [5, 5.41) is 235. The van der Waals surface area contributed by atoms with Crippen molar-refractivity contribution in [1.82, 2.24) is 0 Å². The van der Waals surface area contributed by atoms with E-state index in [1.165, 1.54) is 20.8 Å². The zero-order valence-electron chi connectivity index (χ0n) is 60.8. The first kappa shape index (κ1) is 83.3. The fourth-order valence-electron chi connectivity index (χ4n) is 20.5. The van der Waals surface area contributed by atoms with E-state index in [-0.39, 0.29) is 30.6 Å². The number of fused-ring (bicyclic) bond motifs is 7. The number of ether oxygens (including phenoxy) is 14. The van der Waals surface area contributed by atoms with Crippen molar-refractivity contribution in [1.29, 1.82) is 0 Å². The number of carbonyl (C=O) groups excluding carboxylic acids is 1. The summed E-state index contributed by atoms with van der Waals surface area (Å²) in [6.07, 6.45) is -55.8. The molecule has 44 atom stereocenters. The Kier molecular flexibility index (Phi) is 24.5. The molecule has 0 radical (unpaired) electrons. The number of rotatable bonds is 17. The van der Waals surface area contributed by atoms with E-state index in [1.807, 2.05) is 0 Å². The second kappa shape index (κ2) is 31.2. The van der Waals surface area contributed by atoms with Crippen molar-refractivity contribution in [2.24, 2.45) is 50.2 Å². The van der Waals surface area contributed by atoms with Gasteiger partial charge < -0.3 is 174 Å². The molecule has 0 aromatic heterocycles. The zero-order chi connectivity index (χ0) is 77.5. The van der Waals surface area contributed by atoms with Crippen LogP contribution < -0.4 is 0 Å². The van der Waals surface area contributed by atoms with E-state index < -0.39 is 299 Å². The largest absolute Gasteiger partial charge is 0.432 e. The Hall–Kier alpha value is -2.15. The Morgan fingerprint density at radius 1 is 0.443 bits per heavy atom. The van der Waals surface area contributed by atoms with Gasteiger partial charge in [0.25, 0.3) is 0 Å². The van der Waals surface area contributed by atoms with Crippen LogP contribution in [0.25, 0.3) is 0 Å². The van der Waals surface area contributed by atoms with E-state index in [0.29, 0.717) is 32.1 Å². The molecular weight excluding hydrogens is 1420 g/mol. The third-order valence-electron chi connectivity index (χ3n) is 27.0. The highest BCUT2D eigenvalue weighted by Gasteiger charge is 2.74. The molecule has 36 heteroatoms. The van der Waals surface area contributed by atoms with Gasteiger partial charge in [0.2, 0.25) is 6.29 Å². The molecule has 0 unspecified atom stereocenters. The van der Waals surface area contributed by atoms with Crippen LogP contribution in [0.15, 0.2) is 11.6 Å². The molecular formula is C70H114O36. The maximum atomic E-state index is 15.7. The van der Waals surface area contributed by atoms with Crippen LogP contribution in [-0.4, -0.2) is 367 Å². The minimum absolute atomic E-state index is 0.0517. The number of allylic oxidation sites excluding steroid dienone is 2. The molecule has 11 fully saturated rings. The highest BCUT2D eigenvalue weighted by Crippen LogP contribution is 2.76. The predicted molar refractivity (Wildman–Crippen MR) is 349 cm³/mol. The maximum absolute atomic E-state index is 15.7. The highest BCUT2D eigenvalue weighted by atomic mass is 16.8. The van der Waals surface area contributed by atoms with Crippen LogP contribution in [0.3, 0.4) is 0 Å². The highest BCUT2D eigenvalue weighted by molar-refractivity contribution is 5.80. The Balaban J connectivity index is 0.732. The van der Waals surface area contributed by atoms with E-state index in [9.17, 15) is 107 Å². The average molecular weight is 1530 g/mol. The summed E-state index contributed by atoms with van der Waals surface area (Å²) in [4.78, 5) is 15.7. The molecule has 7 heterocycles. The van der Waals surface area contributed by atoms with E-state index >= 15 is 4.79 Å². The maximum Gasteiger partial charge on any atom is 0.317 e. The third-order valence-corrected chi connectivity index (χ3v) is 27.0. The molecule has 0 aromatic rings. The number of hydrogen-bond acceptors (Lipinski definition) is 36. The molecule has 7 saturated heterocycles. The number of aliphatic hydroxyl groups excluding tert-OH is 21.